The first-order valence-corrected chi connectivity index (χ1v) is 7.54. The van der Waals surface area contributed by atoms with Crippen LogP contribution in [-0.2, 0) is 11.3 Å². The van der Waals surface area contributed by atoms with Crippen LogP contribution in [0.5, 0.6) is 5.75 Å². The molecular formula is C17H20N2O3. The van der Waals surface area contributed by atoms with Gasteiger partial charge < -0.3 is 9.47 Å². The van der Waals surface area contributed by atoms with Gasteiger partial charge in [0.25, 0.3) is 0 Å². The van der Waals surface area contributed by atoms with E-state index in [2.05, 4.69) is 5.10 Å². The van der Waals surface area contributed by atoms with Crippen LogP contribution in [0.1, 0.15) is 28.8 Å². The van der Waals surface area contributed by atoms with Crippen molar-refractivity contribution in [3.05, 3.63) is 47.8 Å². The summed E-state index contributed by atoms with van der Waals surface area (Å²) < 4.78 is 12.6. The van der Waals surface area contributed by atoms with Crippen molar-refractivity contribution in [2.24, 2.45) is 5.92 Å². The lowest BCUT2D eigenvalue weighted by molar-refractivity contribution is 0.0545. The van der Waals surface area contributed by atoms with E-state index in [1.807, 2.05) is 35.1 Å². The van der Waals surface area contributed by atoms with Crippen molar-refractivity contribution in [3.63, 3.8) is 0 Å². The number of ketones is 1. The zero-order chi connectivity index (χ0) is 15.4. The van der Waals surface area contributed by atoms with Gasteiger partial charge in [0.05, 0.1) is 13.7 Å². The predicted octanol–water partition coefficient (Wildman–Crippen LogP) is 2.55. The van der Waals surface area contributed by atoms with Gasteiger partial charge in [0.15, 0.2) is 5.78 Å². The summed E-state index contributed by atoms with van der Waals surface area (Å²) in [7, 11) is 1.64. The summed E-state index contributed by atoms with van der Waals surface area (Å²) in [6, 6.07) is 7.52. The minimum Gasteiger partial charge on any atom is -0.496 e. The highest BCUT2D eigenvalue weighted by molar-refractivity contribution is 5.98. The van der Waals surface area contributed by atoms with E-state index < -0.39 is 0 Å². The van der Waals surface area contributed by atoms with E-state index in [9.17, 15) is 4.79 Å². The zero-order valence-corrected chi connectivity index (χ0v) is 12.7. The Morgan fingerprint density at radius 2 is 2.23 bits per heavy atom. The van der Waals surface area contributed by atoms with E-state index in [1.165, 1.54) is 0 Å². The second kappa shape index (κ2) is 6.75. The number of hydrogen-bond donors (Lipinski definition) is 0. The van der Waals surface area contributed by atoms with Crippen LogP contribution in [0, 0.1) is 5.92 Å². The molecule has 1 aliphatic heterocycles. The Balaban J connectivity index is 1.84. The van der Waals surface area contributed by atoms with Gasteiger partial charge in [-0.3, -0.25) is 9.48 Å². The largest absolute Gasteiger partial charge is 0.496 e. The lowest BCUT2D eigenvalue weighted by Gasteiger charge is -2.21. The van der Waals surface area contributed by atoms with Crippen LogP contribution in [-0.4, -0.2) is 35.9 Å². The minimum atomic E-state index is 0.0692. The SMILES string of the molecule is COc1ccc(C(=O)C2CCOCC2)cc1Cn1cccn1. The lowest BCUT2D eigenvalue weighted by atomic mass is 9.90. The molecule has 0 N–H and O–H groups in total. The first kappa shape index (κ1) is 14.8. The highest BCUT2D eigenvalue weighted by atomic mass is 16.5. The monoisotopic (exact) mass is 300 g/mol. The smallest absolute Gasteiger partial charge is 0.166 e. The van der Waals surface area contributed by atoms with Gasteiger partial charge in [-0.25, -0.2) is 0 Å². The van der Waals surface area contributed by atoms with Crippen molar-refractivity contribution >= 4 is 5.78 Å². The highest BCUT2D eigenvalue weighted by Gasteiger charge is 2.23. The summed E-state index contributed by atoms with van der Waals surface area (Å²) in [5.41, 5.74) is 1.71. The summed E-state index contributed by atoms with van der Waals surface area (Å²) in [5.74, 6) is 1.05. The molecule has 0 spiro atoms. The molecule has 1 aromatic heterocycles. The van der Waals surface area contributed by atoms with Gasteiger partial charge in [-0.05, 0) is 37.1 Å². The summed E-state index contributed by atoms with van der Waals surface area (Å²) in [6.07, 6.45) is 5.24. The highest BCUT2D eigenvalue weighted by Crippen LogP contribution is 2.25. The van der Waals surface area contributed by atoms with Crippen molar-refractivity contribution in [2.75, 3.05) is 20.3 Å². The summed E-state index contributed by atoms with van der Waals surface area (Å²) in [6.45, 7) is 1.94. The Morgan fingerprint density at radius 1 is 1.41 bits per heavy atom. The first-order chi connectivity index (χ1) is 10.8. The average Bonchev–Trinajstić information content (AvgIpc) is 3.08. The topological polar surface area (TPSA) is 53.4 Å². The molecule has 1 saturated heterocycles. The Labute approximate surface area is 129 Å². The molecule has 0 aliphatic carbocycles. The molecule has 0 saturated carbocycles. The van der Waals surface area contributed by atoms with E-state index in [-0.39, 0.29) is 11.7 Å². The number of aromatic nitrogens is 2. The Kier molecular flexibility index (Phi) is 4.53. The van der Waals surface area contributed by atoms with Crippen LogP contribution in [0.4, 0.5) is 0 Å². The van der Waals surface area contributed by atoms with Gasteiger partial charge in [0.1, 0.15) is 5.75 Å². The summed E-state index contributed by atoms with van der Waals surface area (Å²) in [5, 5.41) is 4.21. The van der Waals surface area contributed by atoms with Crippen LogP contribution < -0.4 is 4.74 Å². The number of rotatable bonds is 5. The molecule has 22 heavy (non-hydrogen) atoms. The van der Waals surface area contributed by atoms with Crippen molar-refractivity contribution in [2.45, 2.75) is 19.4 Å². The molecule has 116 valence electrons. The number of benzene rings is 1. The maximum atomic E-state index is 12.6. The Morgan fingerprint density at radius 3 is 2.91 bits per heavy atom. The average molecular weight is 300 g/mol. The van der Waals surface area contributed by atoms with Crippen molar-refractivity contribution in [1.82, 2.24) is 9.78 Å². The van der Waals surface area contributed by atoms with E-state index in [4.69, 9.17) is 9.47 Å². The predicted molar refractivity (Wildman–Crippen MR) is 82.2 cm³/mol. The number of carbonyl (C=O) groups is 1. The third-order valence-electron chi connectivity index (χ3n) is 4.05. The van der Waals surface area contributed by atoms with Gasteiger partial charge in [-0.1, -0.05) is 0 Å². The van der Waals surface area contributed by atoms with E-state index in [0.29, 0.717) is 19.8 Å². The Bertz CT molecular complexity index is 631. The van der Waals surface area contributed by atoms with Crippen LogP contribution in [0.2, 0.25) is 0 Å². The fourth-order valence-corrected chi connectivity index (χ4v) is 2.82. The molecule has 5 heteroatoms. The molecule has 0 radical (unpaired) electrons. The molecule has 1 aromatic carbocycles. The molecule has 0 bridgehead atoms. The number of hydrogen-bond acceptors (Lipinski definition) is 4. The van der Waals surface area contributed by atoms with Gasteiger partial charge in [0, 0.05) is 42.7 Å². The van der Waals surface area contributed by atoms with Crippen molar-refractivity contribution in [1.29, 1.82) is 0 Å². The van der Waals surface area contributed by atoms with Crippen LogP contribution in [0.25, 0.3) is 0 Å². The van der Waals surface area contributed by atoms with E-state index in [0.717, 1.165) is 29.7 Å². The van der Waals surface area contributed by atoms with E-state index >= 15 is 0 Å². The molecule has 1 fully saturated rings. The second-order valence-corrected chi connectivity index (χ2v) is 5.48. The molecule has 1 aliphatic rings. The quantitative estimate of drug-likeness (QED) is 0.796. The molecule has 2 aromatic rings. The maximum Gasteiger partial charge on any atom is 0.166 e. The standard InChI is InChI=1S/C17H20N2O3/c1-21-16-4-3-14(17(20)13-5-9-22-10-6-13)11-15(16)12-19-8-2-7-18-19/h2-4,7-8,11,13H,5-6,9-10,12H2,1H3. The molecule has 0 amide bonds. The number of Topliss-reactive ketones (excluding diaryl/α,β-unsaturated/α-hetero) is 1. The molecule has 0 unspecified atom stereocenters. The first-order valence-electron chi connectivity index (χ1n) is 7.54. The third kappa shape index (κ3) is 3.20. The van der Waals surface area contributed by atoms with E-state index in [1.54, 1.807) is 13.3 Å². The normalized spacial score (nSPS) is 15.7. The van der Waals surface area contributed by atoms with Crippen LogP contribution in [0.3, 0.4) is 0 Å². The minimum absolute atomic E-state index is 0.0692. The Hall–Kier alpha value is -2.14. The molecular weight excluding hydrogens is 280 g/mol. The number of nitrogens with zero attached hydrogens (tertiary/aromatic N) is 2. The fraction of sp³-hybridized carbons (Fsp3) is 0.412. The molecule has 3 rings (SSSR count). The fourth-order valence-electron chi connectivity index (χ4n) is 2.82. The maximum absolute atomic E-state index is 12.6. The number of carbonyl (C=O) groups excluding carboxylic acids is 1. The van der Waals surface area contributed by atoms with Crippen LogP contribution in [0.15, 0.2) is 36.7 Å². The summed E-state index contributed by atoms with van der Waals surface area (Å²) in [4.78, 5) is 12.6. The third-order valence-corrected chi connectivity index (χ3v) is 4.05. The molecule has 0 atom stereocenters. The second-order valence-electron chi connectivity index (χ2n) is 5.48. The lowest BCUT2D eigenvalue weighted by Crippen LogP contribution is -2.23. The number of methoxy groups -OCH3 is 1. The van der Waals surface area contributed by atoms with Crippen molar-refractivity contribution in [3.8, 4) is 5.75 Å². The van der Waals surface area contributed by atoms with Gasteiger partial charge >= 0.3 is 0 Å². The van der Waals surface area contributed by atoms with Gasteiger partial charge in [-0.15, -0.1) is 0 Å². The van der Waals surface area contributed by atoms with Crippen molar-refractivity contribution < 1.29 is 14.3 Å². The number of ether oxygens (including phenoxy) is 2. The van der Waals surface area contributed by atoms with Gasteiger partial charge in [-0.2, -0.15) is 5.10 Å². The molecule has 5 nitrogen and oxygen atoms in total. The van der Waals surface area contributed by atoms with Crippen LogP contribution >= 0.6 is 0 Å². The summed E-state index contributed by atoms with van der Waals surface area (Å²) >= 11 is 0. The molecule has 2 heterocycles. The van der Waals surface area contributed by atoms with Gasteiger partial charge in [0.2, 0.25) is 0 Å². The zero-order valence-electron chi connectivity index (χ0n) is 12.7.